The van der Waals surface area contributed by atoms with Crippen molar-refractivity contribution in [3.05, 3.63) is 28.8 Å². The summed E-state index contributed by atoms with van der Waals surface area (Å²) in [6, 6.07) is 4.93. The van der Waals surface area contributed by atoms with Gasteiger partial charge in [0.1, 0.15) is 0 Å². The average molecular weight is 334 g/mol. The second-order valence-corrected chi connectivity index (χ2v) is 7.37. The fourth-order valence-electron chi connectivity index (χ4n) is 2.46. The van der Waals surface area contributed by atoms with Crippen molar-refractivity contribution >= 4 is 21.6 Å². The normalized spacial score (nSPS) is 18.0. The van der Waals surface area contributed by atoms with Crippen LogP contribution in [0.5, 0.6) is 0 Å². The molecule has 0 bridgehead atoms. The van der Waals surface area contributed by atoms with E-state index in [4.69, 9.17) is 21.4 Å². The minimum atomic E-state index is -3.52. The van der Waals surface area contributed by atoms with Crippen LogP contribution in [0.1, 0.15) is 18.4 Å². The number of hydrogen-bond donors (Lipinski definition) is 1. The first-order chi connectivity index (χ1) is 9.96. The number of aliphatic hydroxyl groups excluding tert-OH is 1. The summed E-state index contributed by atoms with van der Waals surface area (Å²) >= 11 is 6.01. The van der Waals surface area contributed by atoms with Crippen LogP contribution < -0.4 is 0 Å². The summed E-state index contributed by atoms with van der Waals surface area (Å²) in [7, 11) is -3.52. The molecular weight excluding hydrogens is 314 g/mol. The van der Waals surface area contributed by atoms with Crippen LogP contribution in [-0.2, 0) is 14.8 Å². The molecule has 5 nitrogen and oxygen atoms in total. The zero-order chi connectivity index (χ0) is 15.5. The van der Waals surface area contributed by atoms with E-state index in [1.807, 2.05) is 0 Å². The highest BCUT2D eigenvalue weighted by molar-refractivity contribution is 7.89. The Bertz CT molecular complexity index is 583. The van der Waals surface area contributed by atoms with Gasteiger partial charge in [0.15, 0.2) is 0 Å². The number of nitrogens with zero attached hydrogens (tertiary/aromatic N) is 1. The zero-order valence-electron chi connectivity index (χ0n) is 12.0. The third kappa shape index (κ3) is 3.76. The predicted molar refractivity (Wildman–Crippen MR) is 81.0 cm³/mol. The molecule has 1 saturated heterocycles. The van der Waals surface area contributed by atoms with Gasteiger partial charge >= 0.3 is 0 Å². The van der Waals surface area contributed by atoms with Crippen LogP contribution in [0.4, 0.5) is 0 Å². The Kier molecular flexibility index (Phi) is 5.62. The lowest BCUT2D eigenvalue weighted by Crippen LogP contribution is -2.41. The molecule has 0 atom stereocenters. The maximum Gasteiger partial charge on any atom is 0.243 e. The molecular formula is C14H20ClNO4S. The quantitative estimate of drug-likeness (QED) is 0.892. The summed E-state index contributed by atoms with van der Waals surface area (Å²) in [5.41, 5.74) is 0.581. The number of hydrogen-bond acceptors (Lipinski definition) is 4. The van der Waals surface area contributed by atoms with Gasteiger partial charge in [-0.2, -0.15) is 4.31 Å². The first-order valence-corrected chi connectivity index (χ1v) is 8.76. The van der Waals surface area contributed by atoms with Crippen LogP contribution >= 0.6 is 11.6 Å². The molecule has 1 heterocycles. The minimum Gasteiger partial charge on any atom is -0.394 e. The molecule has 1 aliphatic rings. The van der Waals surface area contributed by atoms with E-state index in [-0.39, 0.29) is 17.6 Å². The second kappa shape index (κ2) is 7.07. The lowest BCUT2D eigenvalue weighted by molar-refractivity contribution is 0.00318. The molecule has 0 spiro atoms. The van der Waals surface area contributed by atoms with Crippen LogP contribution in [0, 0.1) is 6.92 Å². The molecule has 1 N–H and O–H groups in total. The minimum absolute atomic E-state index is 0.0137. The van der Waals surface area contributed by atoms with Gasteiger partial charge in [-0.05, 0) is 37.5 Å². The average Bonchev–Trinajstić information content (AvgIpc) is 2.48. The SMILES string of the molecule is Cc1c(Cl)cccc1S(=O)(=O)N1CCC(OCCO)CC1. The smallest absolute Gasteiger partial charge is 0.243 e. The Morgan fingerprint density at radius 2 is 2.05 bits per heavy atom. The van der Waals surface area contributed by atoms with Crippen LogP contribution in [-0.4, -0.2) is 50.2 Å². The molecule has 7 heteroatoms. The summed E-state index contributed by atoms with van der Waals surface area (Å²) < 4.78 is 32.3. The maximum atomic E-state index is 12.7. The summed E-state index contributed by atoms with van der Waals surface area (Å²) in [6.07, 6.45) is 1.29. The van der Waals surface area contributed by atoms with Gasteiger partial charge in [0.2, 0.25) is 10.0 Å². The molecule has 0 amide bonds. The van der Waals surface area contributed by atoms with E-state index in [1.165, 1.54) is 4.31 Å². The Balaban J connectivity index is 2.10. The molecule has 0 unspecified atom stereocenters. The van der Waals surface area contributed by atoms with E-state index < -0.39 is 10.0 Å². The van der Waals surface area contributed by atoms with Gasteiger partial charge in [0.25, 0.3) is 0 Å². The number of halogens is 1. The molecule has 1 aromatic rings. The standard InChI is InChI=1S/C14H20ClNO4S/c1-11-13(15)3-2-4-14(11)21(18,19)16-7-5-12(6-8-16)20-10-9-17/h2-4,12,17H,5-10H2,1H3. The van der Waals surface area contributed by atoms with Crippen molar-refractivity contribution < 1.29 is 18.3 Å². The first-order valence-electron chi connectivity index (χ1n) is 6.94. The van der Waals surface area contributed by atoms with E-state index in [9.17, 15) is 8.42 Å². The topological polar surface area (TPSA) is 66.8 Å². The van der Waals surface area contributed by atoms with Crippen LogP contribution in [0.25, 0.3) is 0 Å². The van der Waals surface area contributed by atoms with Gasteiger partial charge in [-0.3, -0.25) is 0 Å². The lowest BCUT2D eigenvalue weighted by atomic mass is 10.1. The van der Waals surface area contributed by atoms with E-state index in [0.717, 1.165) is 0 Å². The number of benzene rings is 1. The van der Waals surface area contributed by atoms with E-state index in [0.29, 0.717) is 43.1 Å². The Morgan fingerprint density at radius 3 is 2.67 bits per heavy atom. The van der Waals surface area contributed by atoms with Crippen molar-refractivity contribution in [1.29, 1.82) is 0 Å². The third-order valence-electron chi connectivity index (χ3n) is 3.68. The Hall–Kier alpha value is -0.660. The van der Waals surface area contributed by atoms with Gasteiger partial charge in [0, 0.05) is 18.1 Å². The molecule has 118 valence electrons. The van der Waals surface area contributed by atoms with Crippen molar-refractivity contribution in [1.82, 2.24) is 4.31 Å². The predicted octanol–water partition coefficient (Wildman–Crippen LogP) is 1.81. The van der Waals surface area contributed by atoms with Gasteiger partial charge in [0.05, 0.1) is 24.2 Å². The van der Waals surface area contributed by atoms with Crippen molar-refractivity contribution in [2.75, 3.05) is 26.3 Å². The molecule has 1 fully saturated rings. The monoisotopic (exact) mass is 333 g/mol. The summed E-state index contributed by atoms with van der Waals surface area (Å²) in [4.78, 5) is 0.268. The molecule has 1 aliphatic heterocycles. The van der Waals surface area contributed by atoms with Crippen molar-refractivity contribution in [2.24, 2.45) is 0 Å². The molecule has 0 saturated carbocycles. The van der Waals surface area contributed by atoms with Crippen molar-refractivity contribution in [3.63, 3.8) is 0 Å². The Morgan fingerprint density at radius 1 is 1.38 bits per heavy atom. The molecule has 0 radical (unpaired) electrons. The first kappa shape index (κ1) is 16.7. The highest BCUT2D eigenvalue weighted by Gasteiger charge is 2.30. The number of piperidine rings is 1. The highest BCUT2D eigenvalue weighted by atomic mass is 35.5. The maximum absolute atomic E-state index is 12.7. The molecule has 2 rings (SSSR count). The largest absolute Gasteiger partial charge is 0.394 e. The van der Waals surface area contributed by atoms with Gasteiger partial charge < -0.3 is 9.84 Å². The van der Waals surface area contributed by atoms with Gasteiger partial charge in [-0.25, -0.2) is 8.42 Å². The fourth-order valence-corrected chi connectivity index (χ4v) is 4.41. The lowest BCUT2D eigenvalue weighted by Gasteiger charge is -2.31. The number of ether oxygens (including phenoxy) is 1. The summed E-state index contributed by atoms with van der Waals surface area (Å²) in [6.45, 7) is 2.84. The van der Waals surface area contributed by atoms with Crippen molar-refractivity contribution in [2.45, 2.75) is 30.8 Å². The Labute approximate surface area is 130 Å². The second-order valence-electron chi connectivity index (χ2n) is 5.06. The number of sulfonamides is 1. The third-order valence-corrected chi connectivity index (χ3v) is 6.13. The van der Waals surface area contributed by atoms with E-state index >= 15 is 0 Å². The summed E-state index contributed by atoms with van der Waals surface area (Å²) in [5.74, 6) is 0. The van der Waals surface area contributed by atoms with E-state index in [2.05, 4.69) is 0 Å². The van der Waals surface area contributed by atoms with E-state index in [1.54, 1.807) is 25.1 Å². The fraction of sp³-hybridized carbons (Fsp3) is 0.571. The summed E-state index contributed by atoms with van der Waals surface area (Å²) in [5, 5.41) is 9.20. The zero-order valence-corrected chi connectivity index (χ0v) is 13.5. The van der Waals surface area contributed by atoms with Gasteiger partial charge in [-0.15, -0.1) is 0 Å². The molecule has 0 aliphatic carbocycles. The number of rotatable bonds is 5. The van der Waals surface area contributed by atoms with Crippen LogP contribution in [0.2, 0.25) is 5.02 Å². The molecule has 1 aromatic carbocycles. The highest BCUT2D eigenvalue weighted by Crippen LogP contribution is 2.27. The van der Waals surface area contributed by atoms with Crippen LogP contribution in [0.15, 0.2) is 23.1 Å². The van der Waals surface area contributed by atoms with Crippen molar-refractivity contribution in [3.8, 4) is 0 Å². The number of aliphatic hydroxyl groups is 1. The molecule has 21 heavy (non-hydrogen) atoms. The van der Waals surface area contributed by atoms with Gasteiger partial charge in [-0.1, -0.05) is 17.7 Å². The van der Waals surface area contributed by atoms with Crippen LogP contribution in [0.3, 0.4) is 0 Å². The molecule has 0 aromatic heterocycles.